The maximum absolute atomic E-state index is 5.26. The van der Waals surface area contributed by atoms with Crippen LogP contribution in [-0.4, -0.2) is 43.3 Å². The summed E-state index contributed by atoms with van der Waals surface area (Å²) in [6, 6.07) is 132. The molecule has 16 aromatic rings. The standard InChI is InChI=1S/C82H60N4Si3/c1-9-31-63(32-10-1)87(64-33-11-2-12-34-64,65-35-13-3-14-36-65)73-51-53-79-77(59-73)75-49-27-55-83-81(75)85(79)61-29-25-47-71(57-61)89(69-43-21-7-22-44-69,70-45-23-8-24-46-70)72-48-26-30-62(58-72)86-80-54-52-74(60-78(80)76-50-28-56-84-82(76)86)88(66-37-15-4-16-38-66,67-39-17-5-18-40-67)68-41-19-6-20-42-68/h1-60H. The number of hydrogen-bond donors (Lipinski definition) is 0. The van der Waals surface area contributed by atoms with Crippen molar-refractivity contribution < 1.29 is 0 Å². The quantitative estimate of drug-likeness (QED) is 0.0804. The van der Waals surface area contributed by atoms with Crippen LogP contribution in [0.5, 0.6) is 0 Å². The lowest BCUT2D eigenvalue weighted by Crippen LogP contribution is -2.74. The predicted molar refractivity (Wildman–Crippen MR) is 382 cm³/mol. The van der Waals surface area contributed by atoms with E-state index >= 15 is 0 Å². The van der Waals surface area contributed by atoms with Gasteiger partial charge in [-0.1, -0.05) is 291 Å². The molecule has 4 aromatic heterocycles. The molecule has 0 amide bonds. The number of pyridine rings is 2. The number of fused-ring (bicyclic) bond motifs is 6. The molecule has 0 unspecified atom stereocenters. The second-order valence-electron chi connectivity index (χ2n) is 23.2. The molecular formula is C82H60N4Si3. The summed E-state index contributed by atoms with van der Waals surface area (Å²) in [5.41, 5.74) is 6.21. The van der Waals surface area contributed by atoms with E-state index in [2.05, 4.69) is 361 Å². The van der Waals surface area contributed by atoms with Gasteiger partial charge in [0.05, 0.1) is 11.0 Å². The first kappa shape index (κ1) is 53.6. The van der Waals surface area contributed by atoms with Crippen molar-refractivity contribution in [2.24, 2.45) is 0 Å². The second-order valence-corrected chi connectivity index (χ2v) is 34.6. The summed E-state index contributed by atoms with van der Waals surface area (Å²) in [5.74, 6) is 0. The summed E-state index contributed by atoms with van der Waals surface area (Å²) in [5, 5.41) is 20.4. The van der Waals surface area contributed by atoms with Crippen molar-refractivity contribution >= 4 is 130 Å². The molecule has 0 radical (unpaired) electrons. The van der Waals surface area contributed by atoms with Crippen LogP contribution >= 0.6 is 0 Å². The monoisotopic (exact) mass is 1180 g/mol. The van der Waals surface area contributed by atoms with Gasteiger partial charge >= 0.3 is 0 Å². The SMILES string of the molecule is c1ccc([Si](c2ccccc2)(c2cccc(-n3c4ccc([Si](c5ccccc5)(c5ccccc5)c5ccccc5)cc4c4cccnc43)c2)c2cccc(-n3c4ccc([Si](c5ccccc5)(c5ccccc5)c5ccccc5)cc4c4cccnc43)c2)cc1. The highest BCUT2D eigenvalue weighted by Gasteiger charge is 2.45. The van der Waals surface area contributed by atoms with Crippen LogP contribution in [-0.2, 0) is 0 Å². The molecule has 7 heteroatoms. The topological polar surface area (TPSA) is 35.6 Å². The third-order valence-electron chi connectivity index (χ3n) is 18.6. The van der Waals surface area contributed by atoms with E-state index in [1.54, 1.807) is 0 Å². The van der Waals surface area contributed by atoms with Gasteiger partial charge in [-0.05, 0) is 123 Å². The molecule has 0 saturated heterocycles. The fraction of sp³-hybridized carbons (Fsp3) is 0. The zero-order valence-electron chi connectivity index (χ0n) is 48.9. The molecular weight excluding hydrogens is 1130 g/mol. The first-order valence-corrected chi connectivity index (χ1v) is 36.6. The van der Waals surface area contributed by atoms with Gasteiger partial charge in [-0.15, -0.1) is 0 Å². The van der Waals surface area contributed by atoms with Crippen LogP contribution in [0.1, 0.15) is 0 Å². The molecule has 12 aromatic carbocycles. The summed E-state index contributed by atoms with van der Waals surface area (Å²) in [6.45, 7) is 0. The fourth-order valence-electron chi connectivity index (χ4n) is 14.9. The van der Waals surface area contributed by atoms with Gasteiger partial charge in [0.2, 0.25) is 0 Å². The molecule has 420 valence electrons. The van der Waals surface area contributed by atoms with E-state index in [-0.39, 0.29) is 0 Å². The minimum atomic E-state index is -3.21. The molecule has 4 heterocycles. The first-order valence-electron chi connectivity index (χ1n) is 30.6. The van der Waals surface area contributed by atoms with E-state index in [9.17, 15) is 0 Å². The highest BCUT2D eigenvalue weighted by atomic mass is 28.3. The lowest BCUT2D eigenvalue weighted by Gasteiger charge is -2.35. The van der Waals surface area contributed by atoms with Crippen molar-refractivity contribution in [2.45, 2.75) is 0 Å². The van der Waals surface area contributed by atoms with Gasteiger partial charge in [-0.3, -0.25) is 9.13 Å². The minimum Gasteiger partial charge on any atom is -0.294 e. The number of nitrogens with zero attached hydrogens (tertiary/aromatic N) is 4. The fourth-order valence-corrected chi connectivity index (χ4v) is 29.3. The molecule has 0 aliphatic heterocycles. The van der Waals surface area contributed by atoms with Crippen LogP contribution in [0.3, 0.4) is 0 Å². The number of rotatable bonds is 14. The van der Waals surface area contributed by atoms with Crippen molar-refractivity contribution in [1.29, 1.82) is 0 Å². The third-order valence-corrected chi connectivity index (χ3v) is 33.0. The molecule has 4 nitrogen and oxygen atoms in total. The van der Waals surface area contributed by atoms with Crippen LogP contribution in [0.2, 0.25) is 0 Å². The van der Waals surface area contributed by atoms with E-state index < -0.39 is 24.2 Å². The van der Waals surface area contributed by atoms with Gasteiger partial charge in [0.1, 0.15) is 11.3 Å². The van der Waals surface area contributed by atoms with Gasteiger partial charge in [0.15, 0.2) is 24.2 Å². The number of aromatic nitrogens is 4. The van der Waals surface area contributed by atoms with E-state index in [0.717, 1.165) is 44.5 Å². The normalized spacial score (nSPS) is 12.0. The highest BCUT2D eigenvalue weighted by Crippen LogP contribution is 2.33. The molecule has 89 heavy (non-hydrogen) atoms. The van der Waals surface area contributed by atoms with Gasteiger partial charge in [-0.25, -0.2) is 9.97 Å². The van der Waals surface area contributed by atoms with E-state index in [1.165, 1.54) is 73.0 Å². The Hall–Kier alpha value is -10.8. The van der Waals surface area contributed by atoms with Crippen molar-refractivity contribution in [1.82, 2.24) is 19.1 Å². The Balaban J connectivity index is 0.903. The van der Waals surface area contributed by atoms with E-state index in [1.807, 2.05) is 12.4 Å². The Morgan fingerprint density at radius 3 is 0.719 bits per heavy atom. The Morgan fingerprint density at radius 1 is 0.191 bits per heavy atom. The number of hydrogen-bond acceptors (Lipinski definition) is 2. The van der Waals surface area contributed by atoms with Crippen LogP contribution in [0.15, 0.2) is 364 Å². The highest BCUT2D eigenvalue weighted by molar-refractivity contribution is 7.21. The Bertz CT molecular complexity index is 4660. The smallest absolute Gasteiger partial charge is 0.179 e. The van der Waals surface area contributed by atoms with E-state index in [4.69, 9.17) is 9.97 Å². The zero-order valence-corrected chi connectivity index (χ0v) is 51.9. The Morgan fingerprint density at radius 2 is 0.438 bits per heavy atom. The second kappa shape index (κ2) is 22.5. The van der Waals surface area contributed by atoms with Gasteiger partial charge in [0.25, 0.3) is 0 Å². The Kier molecular flexibility index (Phi) is 13.5. The molecule has 0 fully saturated rings. The lowest BCUT2D eigenvalue weighted by molar-refractivity contribution is 1.14. The van der Waals surface area contributed by atoms with Crippen LogP contribution in [0.4, 0.5) is 0 Å². The average Bonchev–Trinajstić information content (AvgIpc) is 1.62. The third kappa shape index (κ3) is 8.61. The molecule has 0 saturated carbocycles. The number of benzene rings is 12. The van der Waals surface area contributed by atoms with Gasteiger partial charge < -0.3 is 0 Å². The Labute approximate surface area is 521 Å². The molecule has 16 rings (SSSR count). The molecule has 0 aliphatic rings. The van der Waals surface area contributed by atoms with Crippen LogP contribution in [0, 0.1) is 0 Å². The molecule has 0 atom stereocenters. The first-order chi connectivity index (χ1) is 44.2. The molecule has 0 N–H and O–H groups in total. The van der Waals surface area contributed by atoms with Crippen molar-refractivity contribution in [3.63, 3.8) is 0 Å². The van der Waals surface area contributed by atoms with Gasteiger partial charge in [0, 0.05) is 45.3 Å². The van der Waals surface area contributed by atoms with Gasteiger partial charge in [-0.2, -0.15) is 0 Å². The van der Waals surface area contributed by atoms with Crippen molar-refractivity contribution in [3.05, 3.63) is 364 Å². The van der Waals surface area contributed by atoms with Crippen molar-refractivity contribution in [3.8, 4) is 11.4 Å². The molecule has 0 aliphatic carbocycles. The molecule has 0 spiro atoms. The largest absolute Gasteiger partial charge is 0.294 e. The lowest BCUT2D eigenvalue weighted by atomic mass is 10.2. The predicted octanol–water partition coefficient (Wildman–Crippen LogP) is 10.8. The van der Waals surface area contributed by atoms with E-state index in [0.29, 0.717) is 0 Å². The van der Waals surface area contributed by atoms with Crippen LogP contribution in [0.25, 0.3) is 55.2 Å². The van der Waals surface area contributed by atoms with Crippen LogP contribution < -0.4 is 62.2 Å². The molecule has 0 bridgehead atoms. The van der Waals surface area contributed by atoms with Crippen molar-refractivity contribution in [2.75, 3.05) is 0 Å². The average molecular weight is 1190 g/mol. The summed E-state index contributed by atoms with van der Waals surface area (Å²) in [4.78, 5) is 10.5. The summed E-state index contributed by atoms with van der Waals surface area (Å²) in [6.07, 6.45) is 3.88. The maximum atomic E-state index is 5.26. The summed E-state index contributed by atoms with van der Waals surface area (Å²) in [7, 11) is -8.91. The summed E-state index contributed by atoms with van der Waals surface area (Å²) >= 11 is 0. The minimum absolute atomic E-state index is 0.926. The summed E-state index contributed by atoms with van der Waals surface area (Å²) < 4.78 is 4.81. The zero-order chi connectivity index (χ0) is 59.2. The maximum Gasteiger partial charge on any atom is 0.179 e.